The summed E-state index contributed by atoms with van der Waals surface area (Å²) >= 11 is 1.64. The molecule has 2 aromatic rings. The molecule has 5 heteroatoms. The molecule has 1 aromatic heterocycles. The van der Waals surface area contributed by atoms with Crippen LogP contribution in [0.25, 0.3) is 0 Å². The van der Waals surface area contributed by atoms with Gasteiger partial charge >= 0.3 is 0 Å². The Hall–Kier alpha value is -1.72. The Labute approximate surface area is 129 Å². The van der Waals surface area contributed by atoms with E-state index in [2.05, 4.69) is 12.3 Å². The van der Waals surface area contributed by atoms with Crippen LogP contribution in [0.5, 0.6) is 17.2 Å². The molecule has 21 heavy (non-hydrogen) atoms. The van der Waals surface area contributed by atoms with Crippen LogP contribution in [0.3, 0.4) is 0 Å². The standard InChI is InChI=1S/C16H21NO3S/c1-4-15(17)16(11-5-6-21-10-11)20-14-8-12(18-2)7-13(9-14)19-3/h5-10,15-16H,4,17H2,1-3H3. The predicted octanol–water partition coefficient (Wildman–Crippen LogP) is 3.62. The molecule has 2 atom stereocenters. The summed E-state index contributed by atoms with van der Waals surface area (Å²) in [6.45, 7) is 2.06. The predicted molar refractivity (Wildman–Crippen MR) is 85.5 cm³/mol. The molecule has 2 N–H and O–H groups in total. The number of rotatable bonds is 7. The largest absolute Gasteiger partial charge is 0.496 e. The Morgan fingerprint density at radius 1 is 1.10 bits per heavy atom. The van der Waals surface area contributed by atoms with Gasteiger partial charge in [0.1, 0.15) is 23.4 Å². The number of nitrogens with two attached hydrogens (primary N) is 1. The first-order chi connectivity index (χ1) is 10.2. The average Bonchev–Trinajstić information content (AvgIpc) is 3.05. The van der Waals surface area contributed by atoms with Crippen LogP contribution in [-0.2, 0) is 0 Å². The summed E-state index contributed by atoms with van der Waals surface area (Å²) in [7, 11) is 3.24. The number of hydrogen-bond donors (Lipinski definition) is 1. The zero-order valence-electron chi connectivity index (χ0n) is 12.5. The van der Waals surface area contributed by atoms with E-state index in [-0.39, 0.29) is 12.1 Å². The van der Waals surface area contributed by atoms with E-state index >= 15 is 0 Å². The zero-order chi connectivity index (χ0) is 15.2. The van der Waals surface area contributed by atoms with Crippen LogP contribution >= 0.6 is 11.3 Å². The van der Waals surface area contributed by atoms with Crippen molar-refractivity contribution in [1.29, 1.82) is 0 Å². The molecular formula is C16H21NO3S. The smallest absolute Gasteiger partial charge is 0.140 e. The van der Waals surface area contributed by atoms with Crippen molar-refractivity contribution in [2.45, 2.75) is 25.5 Å². The minimum absolute atomic E-state index is 0.0724. The van der Waals surface area contributed by atoms with Crippen LogP contribution in [0.15, 0.2) is 35.0 Å². The maximum Gasteiger partial charge on any atom is 0.140 e. The first kappa shape index (κ1) is 15.7. The minimum Gasteiger partial charge on any atom is -0.496 e. The Bertz CT molecular complexity index is 534. The third kappa shape index (κ3) is 3.89. The molecule has 0 saturated carbocycles. The van der Waals surface area contributed by atoms with Crippen molar-refractivity contribution in [3.8, 4) is 17.2 Å². The molecule has 1 aromatic carbocycles. The van der Waals surface area contributed by atoms with Crippen LogP contribution in [-0.4, -0.2) is 20.3 Å². The topological polar surface area (TPSA) is 53.7 Å². The van der Waals surface area contributed by atoms with E-state index in [0.29, 0.717) is 17.2 Å². The molecule has 0 aliphatic carbocycles. The Kier molecular flexibility index (Phi) is 5.47. The highest BCUT2D eigenvalue weighted by atomic mass is 32.1. The third-order valence-electron chi connectivity index (χ3n) is 3.32. The summed E-state index contributed by atoms with van der Waals surface area (Å²) in [5.74, 6) is 2.07. The SMILES string of the molecule is CCC(N)C(Oc1cc(OC)cc(OC)c1)c1ccsc1. The van der Waals surface area contributed by atoms with Gasteiger partial charge in [0.15, 0.2) is 0 Å². The fourth-order valence-corrected chi connectivity index (χ4v) is 2.73. The number of thiophene rings is 1. The van der Waals surface area contributed by atoms with Gasteiger partial charge in [-0.15, -0.1) is 0 Å². The molecule has 2 unspecified atom stereocenters. The normalized spacial score (nSPS) is 13.5. The van der Waals surface area contributed by atoms with E-state index < -0.39 is 0 Å². The van der Waals surface area contributed by atoms with E-state index in [1.54, 1.807) is 25.6 Å². The first-order valence-electron chi connectivity index (χ1n) is 6.85. The number of hydrogen-bond acceptors (Lipinski definition) is 5. The van der Waals surface area contributed by atoms with Gasteiger partial charge < -0.3 is 19.9 Å². The maximum atomic E-state index is 6.21. The van der Waals surface area contributed by atoms with Gasteiger partial charge in [-0.05, 0) is 23.2 Å². The molecule has 0 fully saturated rings. The lowest BCUT2D eigenvalue weighted by Crippen LogP contribution is -2.31. The Morgan fingerprint density at radius 2 is 1.71 bits per heavy atom. The van der Waals surface area contributed by atoms with Gasteiger partial charge in [-0.2, -0.15) is 11.3 Å². The first-order valence-corrected chi connectivity index (χ1v) is 7.79. The molecule has 2 rings (SSSR count). The highest BCUT2D eigenvalue weighted by Gasteiger charge is 2.21. The summed E-state index contributed by atoms with van der Waals surface area (Å²) in [6.07, 6.45) is 0.653. The minimum atomic E-state index is -0.182. The number of methoxy groups -OCH3 is 2. The molecule has 4 nitrogen and oxygen atoms in total. The summed E-state index contributed by atoms with van der Waals surface area (Å²) in [4.78, 5) is 0. The zero-order valence-corrected chi connectivity index (χ0v) is 13.4. The van der Waals surface area contributed by atoms with Crippen molar-refractivity contribution in [2.75, 3.05) is 14.2 Å². The molecule has 1 heterocycles. The van der Waals surface area contributed by atoms with E-state index in [4.69, 9.17) is 19.9 Å². The van der Waals surface area contributed by atoms with E-state index in [1.165, 1.54) is 0 Å². The second kappa shape index (κ2) is 7.33. The van der Waals surface area contributed by atoms with Crippen molar-refractivity contribution in [3.05, 3.63) is 40.6 Å². The molecule has 0 spiro atoms. The Morgan fingerprint density at radius 3 is 2.19 bits per heavy atom. The molecule has 0 aliphatic heterocycles. The van der Waals surface area contributed by atoms with Crippen LogP contribution in [0.2, 0.25) is 0 Å². The maximum absolute atomic E-state index is 6.21. The molecule has 0 radical (unpaired) electrons. The van der Waals surface area contributed by atoms with Crippen molar-refractivity contribution in [1.82, 2.24) is 0 Å². The molecule has 114 valence electrons. The fraction of sp³-hybridized carbons (Fsp3) is 0.375. The van der Waals surface area contributed by atoms with Crippen molar-refractivity contribution < 1.29 is 14.2 Å². The van der Waals surface area contributed by atoms with Gasteiger partial charge in [0, 0.05) is 29.8 Å². The fourth-order valence-electron chi connectivity index (χ4n) is 2.05. The van der Waals surface area contributed by atoms with E-state index in [9.17, 15) is 0 Å². The highest BCUT2D eigenvalue weighted by molar-refractivity contribution is 7.07. The second-order valence-electron chi connectivity index (χ2n) is 4.72. The summed E-state index contributed by atoms with van der Waals surface area (Å²) < 4.78 is 16.7. The van der Waals surface area contributed by atoms with Crippen LogP contribution in [0, 0.1) is 0 Å². The molecule has 0 saturated heterocycles. The summed E-state index contributed by atoms with van der Waals surface area (Å²) in [5.41, 5.74) is 7.31. The Balaban J connectivity index is 2.28. The van der Waals surface area contributed by atoms with Gasteiger partial charge in [-0.25, -0.2) is 0 Å². The van der Waals surface area contributed by atoms with Crippen molar-refractivity contribution >= 4 is 11.3 Å². The lowest BCUT2D eigenvalue weighted by molar-refractivity contribution is 0.170. The van der Waals surface area contributed by atoms with Crippen molar-refractivity contribution in [2.24, 2.45) is 5.73 Å². The van der Waals surface area contributed by atoms with Crippen molar-refractivity contribution in [3.63, 3.8) is 0 Å². The van der Waals surface area contributed by atoms with Gasteiger partial charge in [0.2, 0.25) is 0 Å². The second-order valence-corrected chi connectivity index (χ2v) is 5.50. The summed E-state index contributed by atoms with van der Waals surface area (Å²) in [6, 6.07) is 7.46. The van der Waals surface area contributed by atoms with Gasteiger partial charge in [-0.3, -0.25) is 0 Å². The molecular weight excluding hydrogens is 286 g/mol. The van der Waals surface area contributed by atoms with E-state index in [1.807, 2.05) is 29.6 Å². The van der Waals surface area contributed by atoms with Gasteiger partial charge in [0.25, 0.3) is 0 Å². The third-order valence-corrected chi connectivity index (χ3v) is 4.02. The highest BCUT2D eigenvalue weighted by Crippen LogP contribution is 2.32. The molecule has 0 aliphatic rings. The quantitative estimate of drug-likeness (QED) is 0.849. The lowest BCUT2D eigenvalue weighted by Gasteiger charge is -2.24. The van der Waals surface area contributed by atoms with Crippen LogP contribution in [0.1, 0.15) is 25.0 Å². The summed E-state index contributed by atoms with van der Waals surface area (Å²) in [5, 5.41) is 4.10. The molecule has 0 amide bonds. The van der Waals surface area contributed by atoms with Gasteiger partial charge in [0.05, 0.1) is 14.2 Å². The molecule has 0 bridgehead atoms. The average molecular weight is 307 g/mol. The lowest BCUT2D eigenvalue weighted by atomic mass is 10.0. The van der Waals surface area contributed by atoms with Crippen LogP contribution < -0.4 is 19.9 Å². The number of ether oxygens (including phenoxy) is 3. The monoisotopic (exact) mass is 307 g/mol. The van der Waals surface area contributed by atoms with Crippen LogP contribution in [0.4, 0.5) is 0 Å². The van der Waals surface area contributed by atoms with Gasteiger partial charge in [-0.1, -0.05) is 6.92 Å². The van der Waals surface area contributed by atoms with E-state index in [0.717, 1.165) is 12.0 Å². The number of benzene rings is 1.